The Bertz CT molecular complexity index is 2980. The van der Waals surface area contributed by atoms with Crippen LogP contribution >= 0.6 is 34.0 Å². The molecule has 11 nitrogen and oxygen atoms in total. The van der Waals surface area contributed by atoms with Gasteiger partial charge in [-0.05, 0) is 122 Å². The van der Waals surface area contributed by atoms with E-state index in [1.165, 1.54) is 58.1 Å². The number of carbonyl (C=O) groups is 2. The van der Waals surface area contributed by atoms with Gasteiger partial charge in [0.25, 0.3) is 0 Å². The molecule has 1 N–H and O–H groups in total. The number of hydrogen-bond acceptors (Lipinski definition) is 12. The van der Waals surface area contributed by atoms with Crippen LogP contribution in [0.3, 0.4) is 0 Å². The van der Waals surface area contributed by atoms with Crippen molar-refractivity contribution in [1.82, 2.24) is 14.7 Å². The normalized spacial score (nSPS) is 15.0. The second-order valence-corrected chi connectivity index (χ2v) is 22.5. The first-order valence-corrected chi connectivity index (χ1v) is 29.4. The van der Waals surface area contributed by atoms with Crippen LogP contribution in [0.25, 0.3) is 30.3 Å². The zero-order valence-electron chi connectivity index (χ0n) is 43.4. The van der Waals surface area contributed by atoms with E-state index in [4.69, 9.17) is 28.8 Å². The van der Waals surface area contributed by atoms with E-state index in [9.17, 15) is 9.59 Å². The Morgan fingerprint density at radius 3 is 1.30 bits per heavy atom. The molecule has 0 unspecified atom stereocenters. The van der Waals surface area contributed by atoms with E-state index in [0.29, 0.717) is 78.2 Å². The van der Waals surface area contributed by atoms with E-state index in [2.05, 4.69) is 130 Å². The fraction of sp³-hybridized carbons (Fsp3) is 0.387. The zero-order valence-corrected chi connectivity index (χ0v) is 45.8. The predicted octanol–water partition coefficient (Wildman–Crippen LogP) is 11.1. The van der Waals surface area contributed by atoms with Crippen molar-refractivity contribution in [2.45, 2.75) is 70.1 Å². The highest BCUT2D eigenvalue weighted by molar-refractivity contribution is 7.17. The van der Waals surface area contributed by atoms with Crippen LogP contribution in [-0.4, -0.2) is 135 Å². The van der Waals surface area contributed by atoms with Gasteiger partial charge in [-0.1, -0.05) is 97.1 Å². The van der Waals surface area contributed by atoms with Crippen LogP contribution in [0.5, 0.6) is 0 Å². The van der Waals surface area contributed by atoms with Crippen molar-refractivity contribution in [3.8, 4) is 0 Å². The summed E-state index contributed by atoms with van der Waals surface area (Å²) in [5, 5.41) is 19.4. The second kappa shape index (κ2) is 29.4. The Hall–Kier alpha value is -5.36. The highest BCUT2D eigenvalue weighted by Gasteiger charge is 2.31. The topological polar surface area (TPSA) is 110 Å². The van der Waals surface area contributed by atoms with Crippen molar-refractivity contribution >= 4 is 76.1 Å². The number of fused-ring (bicyclic) bond motifs is 3. The van der Waals surface area contributed by atoms with Crippen molar-refractivity contribution in [2.75, 3.05) is 85.5 Å². The number of likely N-dealkylation sites (tertiary alicyclic amines) is 3. The van der Waals surface area contributed by atoms with Gasteiger partial charge in [0.15, 0.2) is 0 Å². The molecule has 3 aromatic heterocycles. The minimum Gasteiger partial charge on any atom is -0.389 e. The molecule has 0 radical (unpaired) electrons. The number of amides is 2. The van der Waals surface area contributed by atoms with E-state index >= 15 is 0 Å². The third-order valence-corrected chi connectivity index (χ3v) is 16.5. The lowest BCUT2D eigenvalue weighted by atomic mass is 10.1. The van der Waals surface area contributed by atoms with Crippen LogP contribution in [0.1, 0.15) is 47.1 Å². The fourth-order valence-corrected chi connectivity index (χ4v) is 11.5. The number of β-amino-alcohol motifs (C(OH)–C–C–N with tert-alkyl or cyclic N) is 1. The quantitative estimate of drug-likeness (QED) is 0.0560. The number of thiophene rings is 3. The lowest BCUT2D eigenvalue weighted by Crippen LogP contribution is -2.54. The standard InChI is InChI=1S/C23H25NO3S.C23H27NO2S.C16H19NO3S/c25-23(24-15-21(16-24)27-17-19-4-2-1-3-5-19)9-12-26-11-8-18-6-7-22-20(14-18)10-13-28-22;1-2-5-20(6-3-1)18-26-22-16-24(17-22)11-4-12-25-13-9-19-7-8-23-21(15-19)10-14-27-23;18-14-10-17(11-14)16(19)4-7-20-6-3-12-1-2-15-13(9-12)5-8-21-15/h1-7,10,13-14,21H,8-9,11-12,15-17H2;1-3,5-8,10,14-15,22H,4,9,11-13,16-18H2;1-2,5,8-9,14,18H,3-4,6-7,10-11H2. The molecule has 6 heterocycles. The predicted molar refractivity (Wildman–Crippen MR) is 309 cm³/mol. The van der Waals surface area contributed by atoms with E-state index < -0.39 is 0 Å². The minimum atomic E-state index is -0.332. The van der Waals surface area contributed by atoms with Crippen molar-refractivity contribution < 1.29 is 38.4 Å². The molecule has 0 aliphatic carbocycles. The zero-order chi connectivity index (χ0) is 52.2. The van der Waals surface area contributed by atoms with Gasteiger partial charge in [-0.2, -0.15) is 0 Å². The number of aliphatic hydroxyl groups excluding tert-OH is 1. The monoisotopic (exact) mass is 1080 g/mol. The molecule has 3 aliphatic rings. The molecule has 0 atom stereocenters. The highest BCUT2D eigenvalue weighted by Crippen LogP contribution is 2.25. The Morgan fingerprint density at radius 2 is 0.868 bits per heavy atom. The van der Waals surface area contributed by atoms with Crippen molar-refractivity contribution in [2.24, 2.45) is 0 Å². The van der Waals surface area contributed by atoms with Gasteiger partial charge in [0.1, 0.15) is 0 Å². The Kier molecular flexibility index (Phi) is 21.4. The van der Waals surface area contributed by atoms with E-state index in [1.807, 2.05) is 29.2 Å². The first-order valence-electron chi connectivity index (χ1n) is 26.8. The van der Waals surface area contributed by atoms with Gasteiger partial charge in [-0.25, -0.2) is 0 Å². The molecular weight excluding hydrogens is 1010 g/mol. The van der Waals surface area contributed by atoms with Gasteiger partial charge in [0.05, 0.1) is 77.4 Å². The average molecular weight is 1080 g/mol. The maximum Gasteiger partial charge on any atom is 0.225 e. The van der Waals surface area contributed by atoms with E-state index in [1.54, 1.807) is 38.9 Å². The molecule has 3 fully saturated rings. The summed E-state index contributed by atoms with van der Waals surface area (Å²) in [6, 6.07) is 46.7. The molecule has 3 saturated heterocycles. The fourth-order valence-electron chi connectivity index (χ4n) is 9.21. The second-order valence-electron chi connectivity index (χ2n) is 19.7. The molecule has 0 saturated carbocycles. The average Bonchev–Trinajstić information content (AvgIpc) is 4.21. The largest absolute Gasteiger partial charge is 0.389 e. The molecule has 11 rings (SSSR count). The highest BCUT2D eigenvalue weighted by atomic mass is 32.1. The van der Waals surface area contributed by atoms with Crippen molar-refractivity contribution in [3.63, 3.8) is 0 Å². The van der Waals surface area contributed by atoms with Crippen molar-refractivity contribution in [1.29, 1.82) is 0 Å². The maximum absolute atomic E-state index is 12.2. The van der Waals surface area contributed by atoms with E-state index in [-0.39, 0.29) is 24.0 Å². The Morgan fingerprint density at radius 1 is 0.461 bits per heavy atom. The number of ether oxygens (including phenoxy) is 5. The lowest BCUT2D eigenvalue weighted by molar-refractivity contribution is -0.147. The number of nitrogens with zero attached hydrogens (tertiary/aromatic N) is 3. The van der Waals surface area contributed by atoms with Gasteiger partial charge >= 0.3 is 0 Å². The van der Waals surface area contributed by atoms with Gasteiger partial charge in [-0.15, -0.1) is 34.0 Å². The van der Waals surface area contributed by atoms with Crippen LogP contribution in [0.15, 0.2) is 150 Å². The maximum atomic E-state index is 12.2. The first-order chi connectivity index (χ1) is 37.4. The summed E-state index contributed by atoms with van der Waals surface area (Å²) in [7, 11) is 0. The lowest BCUT2D eigenvalue weighted by Gasteiger charge is -2.39. The van der Waals surface area contributed by atoms with Crippen molar-refractivity contribution in [3.05, 3.63) is 177 Å². The number of benzene rings is 5. The van der Waals surface area contributed by atoms with Crippen LogP contribution in [-0.2, 0) is 65.7 Å². The molecule has 400 valence electrons. The SMILES string of the molecule is O=C(CCOCCc1ccc2sccc2c1)N1CC(O)C1.O=C(CCOCCc1ccc2sccc2c1)N1CC(OCc2ccccc2)C1.c1ccc(COC2CN(CCCOCCc3ccc4sccc4c3)C2)cc1. The summed E-state index contributed by atoms with van der Waals surface area (Å²) in [5.41, 5.74) is 6.32. The smallest absolute Gasteiger partial charge is 0.225 e. The van der Waals surface area contributed by atoms with Crippen LogP contribution in [0, 0.1) is 0 Å². The van der Waals surface area contributed by atoms with Gasteiger partial charge < -0.3 is 38.6 Å². The molecule has 14 heteroatoms. The number of carbonyl (C=O) groups excluding carboxylic acids is 2. The molecule has 5 aromatic carbocycles. The van der Waals surface area contributed by atoms with Crippen LogP contribution in [0.2, 0.25) is 0 Å². The summed E-state index contributed by atoms with van der Waals surface area (Å²) in [5.74, 6) is 0.222. The van der Waals surface area contributed by atoms with Gasteiger partial charge in [0, 0.05) is 66.5 Å². The number of hydrogen-bond donors (Lipinski definition) is 1. The first kappa shape index (κ1) is 55.4. The Balaban J connectivity index is 0.000000141. The number of aliphatic hydroxyl groups is 1. The van der Waals surface area contributed by atoms with E-state index in [0.717, 1.165) is 65.1 Å². The summed E-state index contributed by atoms with van der Waals surface area (Å²) in [6.07, 6.45) is 4.87. The Labute approximate surface area is 459 Å². The summed E-state index contributed by atoms with van der Waals surface area (Å²) in [6.45, 7) is 10.7. The van der Waals surface area contributed by atoms with Crippen LogP contribution in [0.4, 0.5) is 0 Å². The summed E-state index contributed by atoms with van der Waals surface area (Å²) >= 11 is 5.31. The molecule has 8 aromatic rings. The molecular formula is C62H71N3O8S3. The molecule has 0 bridgehead atoms. The molecule has 2 amide bonds. The molecule has 3 aliphatic heterocycles. The third-order valence-electron chi connectivity index (χ3n) is 13.8. The number of rotatable bonds is 25. The third kappa shape index (κ3) is 17.3. The van der Waals surface area contributed by atoms with Gasteiger partial charge in [-0.3, -0.25) is 14.5 Å². The molecule has 76 heavy (non-hydrogen) atoms. The summed E-state index contributed by atoms with van der Waals surface area (Å²) in [4.78, 5) is 29.8. The van der Waals surface area contributed by atoms with Gasteiger partial charge in [0.2, 0.25) is 11.8 Å². The van der Waals surface area contributed by atoms with Crippen LogP contribution < -0.4 is 0 Å². The minimum absolute atomic E-state index is 0.0694. The molecule has 0 spiro atoms. The summed E-state index contributed by atoms with van der Waals surface area (Å²) < 4.78 is 32.8.